The van der Waals surface area contributed by atoms with Crippen molar-refractivity contribution in [1.82, 2.24) is 9.88 Å². The van der Waals surface area contributed by atoms with Crippen LogP contribution in [0.3, 0.4) is 0 Å². The van der Waals surface area contributed by atoms with Gasteiger partial charge in [-0.15, -0.1) is 0 Å². The van der Waals surface area contributed by atoms with E-state index in [1.807, 2.05) is 36.4 Å². The summed E-state index contributed by atoms with van der Waals surface area (Å²) in [7, 11) is 0. The van der Waals surface area contributed by atoms with E-state index in [0.29, 0.717) is 10.6 Å². The van der Waals surface area contributed by atoms with Gasteiger partial charge in [0.1, 0.15) is 0 Å². The van der Waals surface area contributed by atoms with Crippen molar-refractivity contribution in [2.45, 2.75) is 12.6 Å². The van der Waals surface area contributed by atoms with Gasteiger partial charge in [-0.05, 0) is 41.0 Å². The molecule has 1 atom stereocenters. The molecule has 3 aromatic rings. The highest BCUT2D eigenvalue weighted by atomic mass is 35.5. The van der Waals surface area contributed by atoms with Gasteiger partial charge >= 0.3 is 0 Å². The number of hydrogen-bond acceptors (Lipinski definition) is 4. The SMILES string of the molecule is O=C(C=Cc1ccccc1)C1=C(O)C(=O)N(Cc2cccnc2)C1c1ccc(Cl)cc1. The van der Waals surface area contributed by atoms with E-state index in [0.717, 1.165) is 11.1 Å². The average Bonchev–Trinajstić information content (AvgIpc) is 3.04. The van der Waals surface area contributed by atoms with Crippen LogP contribution in [0.5, 0.6) is 0 Å². The van der Waals surface area contributed by atoms with Crippen LogP contribution in [-0.4, -0.2) is 26.7 Å². The fourth-order valence-electron chi connectivity index (χ4n) is 3.57. The first kappa shape index (κ1) is 20.6. The van der Waals surface area contributed by atoms with Crippen molar-refractivity contribution in [2.24, 2.45) is 0 Å². The van der Waals surface area contributed by atoms with E-state index < -0.39 is 23.5 Å². The third kappa shape index (κ3) is 4.42. The van der Waals surface area contributed by atoms with E-state index in [2.05, 4.69) is 4.98 Å². The summed E-state index contributed by atoms with van der Waals surface area (Å²) >= 11 is 6.03. The monoisotopic (exact) mass is 430 g/mol. The quantitative estimate of drug-likeness (QED) is 0.564. The molecule has 0 bridgehead atoms. The lowest BCUT2D eigenvalue weighted by atomic mass is 9.95. The summed E-state index contributed by atoms with van der Waals surface area (Å²) in [6, 6.07) is 19.1. The Morgan fingerprint density at radius 1 is 1.06 bits per heavy atom. The van der Waals surface area contributed by atoms with E-state index in [4.69, 9.17) is 11.6 Å². The van der Waals surface area contributed by atoms with Crippen molar-refractivity contribution >= 4 is 29.4 Å². The Labute approximate surface area is 184 Å². The van der Waals surface area contributed by atoms with Gasteiger partial charge < -0.3 is 10.0 Å². The van der Waals surface area contributed by atoms with Gasteiger partial charge in [0.25, 0.3) is 5.91 Å². The number of halogens is 1. The molecule has 0 aliphatic carbocycles. The minimum Gasteiger partial charge on any atom is -0.503 e. The average molecular weight is 431 g/mol. The molecule has 0 radical (unpaired) electrons. The number of pyridine rings is 1. The standard InChI is InChI=1S/C25H19ClN2O3/c26-20-11-9-19(10-12-20)23-22(21(29)13-8-17-5-2-1-3-6-17)24(30)25(31)28(23)16-18-7-4-14-27-15-18/h1-15,23,30H,16H2. The number of aliphatic hydroxyl groups excluding tert-OH is 1. The van der Waals surface area contributed by atoms with Crippen LogP contribution in [0.1, 0.15) is 22.7 Å². The van der Waals surface area contributed by atoms with Crippen LogP contribution in [0.25, 0.3) is 6.08 Å². The van der Waals surface area contributed by atoms with Gasteiger partial charge in [0.15, 0.2) is 11.5 Å². The molecule has 0 saturated heterocycles. The molecule has 1 aromatic heterocycles. The maximum atomic E-state index is 13.1. The van der Waals surface area contributed by atoms with E-state index >= 15 is 0 Å². The van der Waals surface area contributed by atoms with E-state index in [9.17, 15) is 14.7 Å². The van der Waals surface area contributed by atoms with E-state index in [1.165, 1.54) is 11.0 Å². The highest BCUT2D eigenvalue weighted by Gasteiger charge is 2.42. The zero-order valence-electron chi connectivity index (χ0n) is 16.5. The van der Waals surface area contributed by atoms with Gasteiger partial charge in [-0.1, -0.05) is 66.2 Å². The lowest BCUT2D eigenvalue weighted by Crippen LogP contribution is -2.30. The Hall–Kier alpha value is -3.70. The molecule has 0 fully saturated rings. The Balaban J connectivity index is 1.72. The Bertz CT molecular complexity index is 1160. The number of aliphatic hydroxyl groups is 1. The third-order valence-electron chi connectivity index (χ3n) is 5.06. The highest BCUT2D eigenvalue weighted by molar-refractivity contribution is 6.30. The summed E-state index contributed by atoms with van der Waals surface area (Å²) in [5, 5.41) is 11.2. The summed E-state index contributed by atoms with van der Waals surface area (Å²) in [5.41, 5.74) is 2.36. The topological polar surface area (TPSA) is 70.5 Å². The van der Waals surface area contributed by atoms with Crippen molar-refractivity contribution in [1.29, 1.82) is 0 Å². The fourth-order valence-corrected chi connectivity index (χ4v) is 3.70. The van der Waals surface area contributed by atoms with Crippen LogP contribution in [0.2, 0.25) is 5.02 Å². The van der Waals surface area contributed by atoms with Crippen LogP contribution >= 0.6 is 11.6 Å². The Morgan fingerprint density at radius 3 is 2.48 bits per heavy atom. The molecule has 1 aliphatic heterocycles. The summed E-state index contributed by atoms with van der Waals surface area (Å²) in [6.07, 6.45) is 6.34. The molecule has 2 aromatic carbocycles. The van der Waals surface area contributed by atoms with Crippen LogP contribution in [-0.2, 0) is 16.1 Å². The van der Waals surface area contributed by atoms with E-state index in [-0.39, 0.29) is 12.1 Å². The van der Waals surface area contributed by atoms with Crippen LogP contribution < -0.4 is 0 Å². The fraction of sp³-hybridized carbons (Fsp3) is 0.0800. The van der Waals surface area contributed by atoms with Gasteiger partial charge in [-0.3, -0.25) is 14.6 Å². The summed E-state index contributed by atoms with van der Waals surface area (Å²) in [4.78, 5) is 31.6. The molecule has 0 saturated carbocycles. The molecule has 1 amide bonds. The molecule has 154 valence electrons. The largest absolute Gasteiger partial charge is 0.503 e. The number of carbonyl (C=O) groups excluding carboxylic acids is 2. The number of carbonyl (C=O) groups is 2. The molecule has 0 spiro atoms. The molecule has 6 heteroatoms. The van der Waals surface area contributed by atoms with Crippen LogP contribution in [0.15, 0.2) is 96.5 Å². The van der Waals surface area contributed by atoms with Gasteiger partial charge in [0, 0.05) is 24.0 Å². The molecule has 2 heterocycles. The number of aromatic nitrogens is 1. The van der Waals surface area contributed by atoms with Crippen LogP contribution in [0, 0.1) is 0 Å². The lowest BCUT2D eigenvalue weighted by Gasteiger charge is -2.26. The maximum Gasteiger partial charge on any atom is 0.290 e. The minimum atomic E-state index is -0.738. The van der Waals surface area contributed by atoms with Crippen molar-refractivity contribution in [3.8, 4) is 0 Å². The van der Waals surface area contributed by atoms with Crippen LogP contribution in [0.4, 0.5) is 0 Å². The second kappa shape index (κ2) is 8.98. The van der Waals surface area contributed by atoms with Gasteiger partial charge in [-0.2, -0.15) is 0 Å². The van der Waals surface area contributed by atoms with Crippen molar-refractivity contribution in [2.75, 3.05) is 0 Å². The zero-order valence-corrected chi connectivity index (χ0v) is 17.2. The molecule has 31 heavy (non-hydrogen) atoms. The van der Waals surface area contributed by atoms with Crippen molar-refractivity contribution < 1.29 is 14.7 Å². The molecule has 4 rings (SSSR count). The Kier molecular flexibility index (Phi) is 5.96. The first-order valence-electron chi connectivity index (χ1n) is 9.70. The number of ketones is 1. The number of rotatable bonds is 6. The number of amides is 1. The molecule has 1 unspecified atom stereocenters. The predicted molar refractivity (Wildman–Crippen MR) is 119 cm³/mol. The molecular weight excluding hydrogens is 412 g/mol. The predicted octanol–water partition coefficient (Wildman–Crippen LogP) is 4.91. The first-order valence-corrected chi connectivity index (χ1v) is 10.1. The van der Waals surface area contributed by atoms with Gasteiger partial charge in [0.05, 0.1) is 11.6 Å². The number of benzene rings is 2. The zero-order chi connectivity index (χ0) is 21.8. The van der Waals surface area contributed by atoms with Gasteiger partial charge in [0.2, 0.25) is 0 Å². The highest BCUT2D eigenvalue weighted by Crippen LogP contribution is 2.39. The second-order valence-corrected chi connectivity index (χ2v) is 7.56. The first-order chi connectivity index (χ1) is 15.0. The summed E-state index contributed by atoms with van der Waals surface area (Å²) in [5.74, 6) is -1.56. The van der Waals surface area contributed by atoms with E-state index in [1.54, 1.807) is 48.8 Å². The van der Waals surface area contributed by atoms with Crippen molar-refractivity contribution in [3.63, 3.8) is 0 Å². The molecule has 5 nitrogen and oxygen atoms in total. The summed E-state index contributed by atoms with van der Waals surface area (Å²) in [6.45, 7) is 0.198. The second-order valence-electron chi connectivity index (χ2n) is 7.12. The normalized spacial score (nSPS) is 16.4. The van der Waals surface area contributed by atoms with Gasteiger partial charge in [-0.25, -0.2) is 0 Å². The maximum absolute atomic E-state index is 13.1. The molecule has 1 N–H and O–H groups in total. The number of allylic oxidation sites excluding steroid dienone is 1. The smallest absolute Gasteiger partial charge is 0.290 e. The number of nitrogens with zero attached hydrogens (tertiary/aromatic N) is 2. The van der Waals surface area contributed by atoms with Crippen molar-refractivity contribution in [3.05, 3.63) is 118 Å². The molecular formula is C25H19ClN2O3. The lowest BCUT2D eigenvalue weighted by molar-refractivity contribution is -0.130. The third-order valence-corrected chi connectivity index (χ3v) is 5.31. The molecule has 1 aliphatic rings. The summed E-state index contributed by atoms with van der Waals surface area (Å²) < 4.78 is 0. The Morgan fingerprint density at radius 2 is 1.81 bits per heavy atom. The minimum absolute atomic E-state index is 0.0448. The number of hydrogen-bond donors (Lipinski definition) is 1.